The normalized spacial score (nSPS) is 9.38. The van der Waals surface area contributed by atoms with Crippen LogP contribution in [-0.2, 0) is 0 Å². The molecule has 0 fully saturated rings. The summed E-state index contributed by atoms with van der Waals surface area (Å²) in [7, 11) is 1.48. The van der Waals surface area contributed by atoms with Crippen LogP contribution in [0.15, 0.2) is 0 Å². The molecule has 0 radical (unpaired) electrons. The number of nitriles is 1. The number of nitrogens with zero attached hydrogens (tertiary/aromatic N) is 2. The zero-order chi connectivity index (χ0) is 10.0. The third-order valence-corrected chi connectivity index (χ3v) is 1.96. The van der Waals surface area contributed by atoms with Crippen molar-refractivity contribution in [2.45, 2.75) is 13.8 Å². The van der Waals surface area contributed by atoms with Gasteiger partial charge in [-0.15, -0.1) is 0 Å². The van der Waals surface area contributed by atoms with Gasteiger partial charge >= 0.3 is 0 Å². The van der Waals surface area contributed by atoms with Crippen LogP contribution in [0.25, 0.3) is 0 Å². The average Bonchev–Trinajstić information content (AvgIpc) is 2.13. The van der Waals surface area contributed by atoms with Gasteiger partial charge < -0.3 is 10.5 Å². The van der Waals surface area contributed by atoms with Crippen LogP contribution in [0.2, 0.25) is 0 Å². The third kappa shape index (κ3) is 1.41. The Morgan fingerprint density at radius 1 is 1.46 bits per heavy atom. The van der Waals surface area contributed by atoms with Crippen LogP contribution in [0, 0.1) is 25.2 Å². The molecule has 0 aliphatic carbocycles. The van der Waals surface area contributed by atoms with Crippen LogP contribution in [0.1, 0.15) is 16.8 Å². The molecule has 0 saturated heterocycles. The number of hydrogen-bond donors (Lipinski definition) is 1. The maximum atomic E-state index is 8.82. The maximum Gasteiger partial charge on any atom is 0.232 e. The molecule has 4 heteroatoms. The molecule has 4 nitrogen and oxygen atoms in total. The highest BCUT2D eigenvalue weighted by Crippen LogP contribution is 2.25. The summed E-state index contributed by atoms with van der Waals surface area (Å²) in [5, 5.41) is 8.82. The van der Waals surface area contributed by atoms with E-state index in [1.807, 2.05) is 6.07 Å². The molecule has 2 N–H and O–H groups in total. The van der Waals surface area contributed by atoms with E-state index in [4.69, 9.17) is 15.7 Å². The van der Waals surface area contributed by atoms with Gasteiger partial charge in [0.05, 0.1) is 18.5 Å². The van der Waals surface area contributed by atoms with Gasteiger partial charge in [0.25, 0.3) is 0 Å². The molecule has 13 heavy (non-hydrogen) atoms. The van der Waals surface area contributed by atoms with Gasteiger partial charge in [0.1, 0.15) is 11.6 Å². The lowest BCUT2D eigenvalue weighted by Crippen LogP contribution is -2.02. The van der Waals surface area contributed by atoms with Gasteiger partial charge in [0.15, 0.2) is 0 Å². The fraction of sp³-hybridized carbons (Fsp3) is 0.333. The first kappa shape index (κ1) is 9.33. The summed E-state index contributed by atoms with van der Waals surface area (Å²) in [6.45, 7) is 3.57. The molecule has 0 spiro atoms. The summed E-state index contributed by atoms with van der Waals surface area (Å²) in [5.41, 5.74) is 8.09. The van der Waals surface area contributed by atoms with Crippen LogP contribution in [0.3, 0.4) is 0 Å². The maximum absolute atomic E-state index is 8.82. The van der Waals surface area contributed by atoms with E-state index in [1.54, 1.807) is 13.8 Å². The van der Waals surface area contributed by atoms with Crippen LogP contribution in [0.4, 0.5) is 5.69 Å². The Hall–Kier alpha value is -1.76. The molecule has 1 aromatic heterocycles. The second-order valence-corrected chi connectivity index (χ2v) is 2.73. The second kappa shape index (κ2) is 3.31. The molecule has 68 valence electrons. The molecule has 0 atom stereocenters. The zero-order valence-electron chi connectivity index (χ0n) is 7.88. The van der Waals surface area contributed by atoms with E-state index in [0.717, 1.165) is 5.56 Å². The fourth-order valence-electron chi connectivity index (χ4n) is 1.11. The first-order valence-electron chi connectivity index (χ1n) is 3.82. The summed E-state index contributed by atoms with van der Waals surface area (Å²) in [5.74, 6) is 0.340. The van der Waals surface area contributed by atoms with Gasteiger partial charge in [-0.25, -0.2) is 4.98 Å². The summed E-state index contributed by atoms with van der Waals surface area (Å²) in [4.78, 5) is 4.05. The number of aryl methyl sites for hydroxylation is 1. The molecular weight excluding hydrogens is 166 g/mol. The topological polar surface area (TPSA) is 71.9 Å². The van der Waals surface area contributed by atoms with Crippen LogP contribution in [0.5, 0.6) is 5.88 Å². The van der Waals surface area contributed by atoms with Crippen molar-refractivity contribution in [1.82, 2.24) is 4.98 Å². The Kier molecular flexibility index (Phi) is 2.38. The summed E-state index contributed by atoms with van der Waals surface area (Å²) in [6, 6.07) is 2.02. The summed E-state index contributed by atoms with van der Waals surface area (Å²) < 4.78 is 4.96. The lowest BCUT2D eigenvalue weighted by molar-refractivity contribution is 0.395. The number of methoxy groups -OCH3 is 1. The minimum atomic E-state index is 0.340. The van der Waals surface area contributed by atoms with E-state index < -0.39 is 0 Å². The van der Waals surface area contributed by atoms with E-state index in [0.29, 0.717) is 22.8 Å². The Morgan fingerprint density at radius 3 is 2.54 bits per heavy atom. The van der Waals surface area contributed by atoms with Crippen molar-refractivity contribution in [3.8, 4) is 11.9 Å². The van der Waals surface area contributed by atoms with Crippen LogP contribution >= 0.6 is 0 Å². The second-order valence-electron chi connectivity index (χ2n) is 2.73. The van der Waals surface area contributed by atoms with Crippen molar-refractivity contribution in [2.24, 2.45) is 0 Å². The smallest absolute Gasteiger partial charge is 0.232 e. The Bertz CT molecular complexity index is 379. The highest BCUT2D eigenvalue weighted by molar-refractivity contribution is 5.60. The molecule has 1 rings (SSSR count). The van der Waals surface area contributed by atoms with Crippen LogP contribution in [-0.4, -0.2) is 12.1 Å². The number of ether oxygens (including phenoxy) is 1. The van der Waals surface area contributed by atoms with Gasteiger partial charge in [-0.2, -0.15) is 5.26 Å². The third-order valence-electron chi connectivity index (χ3n) is 1.96. The van der Waals surface area contributed by atoms with E-state index in [2.05, 4.69) is 4.98 Å². The van der Waals surface area contributed by atoms with Crippen molar-refractivity contribution < 1.29 is 4.74 Å². The van der Waals surface area contributed by atoms with Crippen molar-refractivity contribution in [1.29, 1.82) is 5.26 Å². The summed E-state index contributed by atoms with van der Waals surface area (Å²) in [6.07, 6.45) is 0. The number of nitrogens with two attached hydrogens (primary N) is 1. The monoisotopic (exact) mass is 177 g/mol. The first-order chi connectivity index (χ1) is 6.11. The molecule has 0 aliphatic rings. The van der Waals surface area contributed by atoms with Gasteiger partial charge in [-0.3, -0.25) is 0 Å². The standard InChI is InChI=1S/C9H11N3O/c1-5-7(4-10)9(13-3)12-6(2)8(5)11/h11H2,1-3H3. The molecule has 1 aromatic rings. The van der Waals surface area contributed by atoms with Crippen molar-refractivity contribution >= 4 is 5.69 Å². The number of pyridine rings is 1. The van der Waals surface area contributed by atoms with Crippen LogP contribution < -0.4 is 10.5 Å². The minimum Gasteiger partial charge on any atom is -0.480 e. The van der Waals surface area contributed by atoms with Crippen molar-refractivity contribution in [2.75, 3.05) is 12.8 Å². The molecule has 0 unspecified atom stereocenters. The SMILES string of the molecule is COc1nc(C)c(N)c(C)c1C#N. The molecule has 1 heterocycles. The molecule has 0 amide bonds. The largest absolute Gasteiger partial charge is 0.480 e. The van der Waals surface area contributed by atoms with E-state index in [-0.39, 0.29) is 0 Å². The highest BCUT2D eigenvalue weighted by Gasteiger charge is 2.12. The van der Waals surface area contributed by atoms with Gasteiger partial charge in [-0.1, -0.05) is 0 Å². The lowest BCUT2D eigenvalue weighted by Gasteiger charge is -2.09. The van der Waals surface area contributed by atoms with Crippen molar-refractivity contribution in [3.63, 3.8) is 0 Å². The average molecular weight is 177 g/mol. The molecule has 0 aromatic carbocycles. The van der Waals surface area contributed by atoms with E-state index >= 15 is 0 Å². The lowest BCUT2D eigenvalue weighted by atomic mass is 10.1. The zero-order valence-corrected chi connectivity index (χ0v) is 7.88. The minimum absolute atomic E-state index is 0.340. The number of aromatic nitrogens is 1. The predicted molar refractivity (Wildman–Crippen MR) is 49.4 cm³/mol. The summed E-state index contributed by atoms with van der Waals surface area (Å²) >= 11 is 0. The molecule has 0 bridgehead atoms. The van der Waals surface area contributed by atoms with E-state index in [9.17, 15) is 0 Å². The highest BCUT2D eigenvalue weighted by atomic mass is 16.5. The molecule has 0 aliphatic heterocycles. The number of anilines is 1. The quantitative estimate of drug-likeness (QED) is 0.698. The Balaban J connectivity index is 3.50. The Labute approximate surface area is 77.0 Å². The van der Waals surface area contributed by atoms with Crippen molar-refractivity contribution in [3.05, 3.63) is 16.8 Å². The van der Waals surface area contributed by atoms with E-state index in [1.165, 1.54) is 7.11 Å². The molecule has 0 saturated carbocycles. The number of rotatable bonds is 1. The van der Waals surface area contributed by atoms with Gasteiger partial charge in [-0.05, 0) is 19.4 Å². The number of hydrogen-bond acceptors (Lipinski definition) is 4. The van der Waals surface area contributed by atoms with Gasteiger partial charge in [0, 0.05) is 0 Å². The fourth-order valence-corrected chi connectivity index (χ4v) is 1.11. The predicted octanol–water partition coefficient (Wildman–Crippen LogP) is 1.16. The number of nitrogen functional groups attached to an aromatic ring is 1. The Morgan fingerprint density at radius 2 is 2.08 bits per heavy atom. The van der Waals surface area contributed by atoms with Gasteiger partial charge in [0.2, 0.25) is 5.88 Å². The molecular formula is C9H11N3O. The first-order valence-corrected chi connectivity index (χ1v) is 3.82.